The van der Waals surface area contributed by atoms with Gasteiger partial charge in [0.1, 0.15) is 17.9 Å². The van der Waals surface area contributed by atoms with Crippen LogP contribution in [0.3, 0.4) is 0 Å². The molecule has 28 heavy (non-hydrogen) atoms. The van der Waals surface area contributed by atoms with Gasteiger partial charge in [-0.1, -0.05) is 49.8 Å². The maximum Gasteiger partial charge on any atom is 0.325 e. The van der Waals surface area contributed by atoms with Crippen LogP contribution >= 0.6 is 11.6 Å². The predicted octanol–water partition coefficient (Wildman–Crippen LogP) is 3.48. The van der Waals surface area contributed by atoms with Crippen LogP contribution in [0.4, 0.5) is 9.18 Å². The van der Waals surface area contributed by atoms with E-state index in [0.29, 0.717) is 0 Å². The average molecular weight is 410 g/mol. The van der Waals surface area contributed by atoms with Crippen LogP contribution in [0.15, 0.2) is 18.2 Å². The Hall–Kier alpha value is -2.15. The van der Waals surface area contributed by atoms with Crippen LogP contribution in [0.5, 0.6) is 0 Å². The molecule has 2 N–H and O–H groups in total. The lowest BCUT2D eigenvalue weighted by Crippen LogP contribution is -2.45. The van der Waals surface area contributed by atoms with Crippen molar-refractivity contribution < 1.29 is 18.8 Å². The number of carbonyl (C=O) groups is 3. The number of benzene rings is 1. The van der Waals surface area contributed by atoms with Crippen LogP contribution in [0.1, 0.15) is 57.4 Å². The number of nitrogens with one attached hydrogen (secondary N) is 2. The van der Waals surface area contributed by atoms with Gasteiger partial charge in [-0.25, -0.2) is 9.18 Å². The van der Waals surface area contributed by atoms with E-state index in [1.54, 1.807) is 0 Å². The number of amides is 4. The van der Waals surface area contributed by atoms with E-state index >= 15 is 0 Å². The number of carbonyl (C=O) groups excluding carboxylic acids is 3. The zero-order chi connectivity index (χ0) is 20.3. The minimum absolute atomic E-state index is 0.0389. The largest absolute Gasteiger partial charge is 0.352 e. The summed E-state index contributed by atoms with van der Waals surface area (Å²) < 4.78 is 13.3. The van der Waals surface area contributed by atoms with E-state index < -0.39 is 23.3 Å². The molecule has 2 fully saturated rings. The molecule has 8 heteroatoms. The Labute approximate surface area is 168 Å². The second-order valence-electron chi connectivity index (χ2n) is 7.68. The third kappa shape index (κ3) is 4.29. The van der Waals surface area contributed by atoms with Gasteiger partial charge in [0, 0.05) is 16.6 Å². The first-order chi connectivity index (χ1) is 13.3. The first-order valence-electron chi connectivity index (χ1n) is 9.70. The molecule has 3 rings (SSSR count). The Morgan fingerprint density at radius 2 is 1.89 bits per heavy atom. The quantitative estimate of drug-likeness (QED) is 0.747. The number of imide groups is 1. The minimum Gasteiger partial charge on any atom is -0.352 e. The fourth-order valence-electron chi connectivity index (χ4n) is 3.94. The monoisotopic (exact) mass is 409 g/mol. The highest BCUT2D eigenvalue weighted by atomic mass is 35.5. The lowest BCUT2D eigenvalue weighted by Gasteiger charge is -2.24. The van der Waals surface area contributed by atoms with Gasteiger partial charge in [-0.05, 0) is 31.9 Å². The molecule has 1 aliphatic carbocycles. The molecule has 0 spiro atoms. The number of hydrogen-bond acceptors (Lipinski definition) is 3. The zero-order valence-electron chi connectivity index (χ0n) is 15.9. The van der Waals surface area contributed by atoms with E-state index in [0.717, 1.165) is 49.5 Å². The van der Waals surface area contributed by atoms with E-state index in [4.69, 9.17) is 11.6 Å². The third-order valence-electron chi connectivity index (χ3n) is 5.52. The number of hydrogen-bond donors (Lipinski definition) is 2. The molecule has 2 aliphatic rings. The summed E-state index contributed by atoms with van der Waals surface area (Å²) in [6.07, 6.45) is 7.51. The molecule has 1 saturated heterocycles. The average Bonchev–Trinajstić information content (AvgIpc) is 2.81. The van der Waals surface area contributed by atoms with E-state index in [1.165, 1.54) is 25.5 Å². The molecule has 1 aromatic carbocycles. The van der Waals surface area contributed by atoms with Gasteiger partial charge in [0.05, 0.1) is 0 Å². The van der Waals surface area contributed by atoms with Crippen molar-refractivity contribution in [3.63, 3.8) is 0 Å². The number of halogens is 2. The van der Waals surface area contributed by atoms with Gasteiger partial charge in [0.15, 0.2) is 0 Å². The summed E-state index contributed by atoms with van der Waals surface area (Å²) in [4.78, 5) is 38.6. The smallest absolute Gasteiger partial charge is 0.325 e. The van der Waals surface area contributed by atoms with Crippen LogP contribution in [-0.2, 0) is 15.1 Å². The lowest BCUT2D eigenvalue weighted by molar-refractivity contribution is -0.135. The van der Waals surface area contributed by atoms with Gasteiger partial charge >= 0.3 is 6.03 Å². The van der Waals surface area contributed by atoms with Crippen molar-refractivity contribution in [2.45, 2.75) is 63.5 Å². The highest BCUT2D eigenvalue weighted by molar-refractivity contribution is 6.32. The van der Waals surface area contributed by atoms with Crippen molar-refractivity contribution in [2.24, 2.45) is 0 Å². The second-order valence-corrected chi connectivity index (χ2v) is 8.09. The summed E-state index contributed by atoms with van der Waals surface area (Å²) in [5.41, 5.74) is -1.15. The molecule has 1 aliphatic heterocycles. The topological polar surface area (TPSA) is 78.5 Å². The first kappa shape index (κ1) is 20.6. The molecule has 0 aromatic heterocycles. The molecular weight excluding hydrogens is 385 g/mol. The Morgan fingerprint density at radius 1 is 1.25 bits per heavy atom. The van der Waals surface area contributed by atoms with Gasteiger partial charge in [-0.15, -0.1) is 0 Å². The fourth-order valence-corrected chi connectivity index (χ4v) is 4.29. The number of nitrogens with zero attached hydrogens (tertiary/aromatic N) is 1. The zero-order valence-corrected chi connectivity index (χ0v) is 16.7. The van der Waals surface area contributed by atoms with Gasteiger partial charge in [0.2, 0.25) is 5.91 Å². The Bertz CT molecular complexity index is 780. The van der Waals surface area contributed by atoms with Gasteiger partial charge in [0.25, 0.3) is 5.91 Å². The maximum absolute atomic E-state index is 13.3. The summed E-state index contributed by atoms with van der Waals surface area (Å²) in [6, 6.07) is 3.04. The molecule has 6 nitrogen and oxygen atoms in total. The maximum atomic E-state index is 13.3. The van der Waals surface area contributed by atoms with Crippen molar-refractivity contribution in [2.75, 3.05) is 6.54 Å². The van der Waals surface area contributed by atoms with Crippen molar-refractivity contribution in [1.82, 2.24) is 15.5 Å². The summed E-state index contributed by atoms with van der Waals surface area (Å²) in [6.45, 7) is 1.15. The standard InChI is InChI=1S/C20H25ClFN3O3/c1-20(15-10-9-13(22)11-16(15)21)18(27)25(19(28)24-20)12-17(26)23-14-7-5-3-2-4-6-8-14/h9-11,14H,2-8,12H2,1H3,(H,23,26)(H,24,28). The van der Waals surface area contributed by atoms with Gasteiger partial charge in [-0.2, -0.15) is 0 Å². The second kappa shape index (κ2) is 8.47. The highest BCUT2D eigenvalue weighted by Gasteiger charge is 2.50. The van der Waals surface area contributed by atoms with Crippen molar-refractivity contribution in [3.05, 3.63) is 34.6 Å². The van der Waals surface area contributed by atoms with Crippen LogP contribution in [0.25, 0.3) is 0 Å². The third-order valence-corrected chi connectivity index (χ3v) is 5.83. The molecule has 0 bridgehead atoms. The Morgan fingerprint density at radius 3 is 2.54 bits per heavy atom. The summed E-state index contributed by atoms with van der Waals surface area (Å²) in [7, 11) is 0. The molecule has 0 radical (unpaired) electrons. The first-order valence-corrected chi connectivity index (χ1v) is 10.1. The molecule has 1 heterocycles. The summed E-state index contributed by atoms with van der Waals surface area (Å²) in [5.74, 6) is -1.48. The van der Waals surface area contributed by atoms with Gasteiger partial charge < -0.3 is 10.6 Å². The van der Waals surface area contributed by atoms with Crippen molar-refractivity contribution >= 4 is 29.4 Å². The van der Waals surface area contributed by atoms with Crippen LogP contribution < -0.4 is 10.6 Å². The van der Waals surface area contributed by atoms with E-state index in [9.17, 15) is 18.8 Å². The Balaban J connectivity index is 1.68. The lowest BCUT2D eigenvalue weighted by atomic mass is 9.92. The van der Waals surface area contributed by atoms with E-state index in [1.807, 2.05) is 0 Å². The molecule has 1 aromatic rings. The molecule has 1 unspecified atom stereocenters. The van der Waals surface area contributed by atoms with Crippen molar-refractivity contribution in [1.29, 1.82) is 0 Å². The normalized spacial score (nSPS) is 23.9. The van der Waals surface area contributed by atoms with Crippen LogP contribution in [0.2, 0.25) is 5.02 Å². The highest BCUT2D eigenvalue weighted by Crippen LogP contribution is 2.33. The van der Waals surface area contributed by atoms with Crippen molar-refractivity contribution in [3.8, 4) is 0 Å². The number of rotatable bonds is 4. The molecule has 152 valence electrons. The van der Waals surface area contributed by atoms with E-state index in [2.05, 4.69) is 10.6 Å². The minimum atomic E-state index is -1.44. The SMILES string of the molecule is CC1(c2ccc(F)cc2Cl)NC(=O)N(CC(=O)NC2CCCCCCC2)C1=O. The van der Waals surface area contributed by atoms with E-state index in [-0.39, 0.29) is 29.1 Å². The summed E-state index contributed by atoms with van der Waals surface area (Å²) in [5, 5.41) is 5.58. The molecule has 4 amide bonds. The molecule has 1 saturated carbocycles. The molecule has 1 atom stereocenters. The van der Waals surface area contributed by atoms with Gasteiger partial charge in [-0.3, -0.25) is 14.5 Å². The predicted molar refractivity (Wildman–Crippen MR) is 103 cm³/mol. The summed E-state index contributed by atoms with van der Waals surface area (Å²) >= 11 is 6.08. The Kier molecular flexibility index (Phi) is 6.23. The van der Waals surface area contributed by atoms with Crippen LogP contribution in [0, 0.1) is 5.82 Å². The molecular formula is C20H25ClFN3O3. The van der Waals surface area contributed by atoms with Crippen LogP contribution in [-0.4, -0.2) is 35.3 Å². The number of urea groups is 1. The fraction of sp³-hybridized carbons (Fsp3) is 0.550.